The number of rotatable bonds is 15. The van der Waals surface area contributed by atoms with E-state index >= 15 is 8.78 Å². The van der Waals surface area contributed by atoms with Gasteiger partial charge < -0.3 is 38.4 Å². The second kappa shape index (κ2) is 17.6. The number of hydrogen-bond donors (Lipinski definition) is 1. The molecule has 300 valence electrons. The van der Waals surface area contributed by atoms with Crippen LogP contribution in [-0.4, -0.2) is 99.8 Å². The van der Waals surface area contributed by atoms with E-state index in [0.29, 0.717) is 11.3 Å². The van der Waals surface area contributed by atoms with Crippen molar-refractivity contribution >= 4 is 23.9 Å². The minimum Gasteiger partial charge on any atom is -0.481 e. The number of esters is 1. The summed E-state index contributed by atoms with van der Waals surface area (Å²) in [7, 11) is 1.47. The summed E-state index contributed by atoms with van der Waals surface area (Å²) in [5, 5.41) is 10.1. The number of carboxylic acids is 1. The summed E-state index contributed by atoms with van der Waals surface area (Å²) in [4.78, 5) is 59.2. The number of likely N-dealkylation sites (tertiary alicyclic amines) is 1. The van der Waals surface area contributed by atoms with Crippen LogP contribution in [0.1, 0.15) is 72.3 Å². The molecular weight excluding hydrogens is 725 g/mol. The zero-order valence-corrected chi connectivity index (χ0v) is 32.3. The maximum absolute atomic E-state index is 16.0. The van der Waals surface area contributed by atoms with Gasteiger partial charge in [-0.2, -0.15) is 0 Å². The van der Waals surface area contributed by atoms with Crippen LogP contribution in [0.5, 0.6) is 5.75 Å². The van der Waals surface area contributed by atoms with Crippen LogP contribution < -0.4 is 4.74 Å². The molecule has 3 aromatic rings. The largest absolute Gasteiger partial charge is 0.481 e. The van der Waals surface area contributed by atoms with Crippen LogP contribution in [0.15, 0.2) is 48.7 Å². The molecule has 0 saturated carbocycles. The smallest absolute Gasteiger partial charge is 0.410 e. The van der Waals surface area contributed by atoms with Gasteiger partial charge in [0.15, 0.2) is 12.9 Å². The second-order valence-corrected chi connectivity index (χ2v) is 15.3. The highest BCUT2D eigenvalue weighted by Gasteiger charge is 2.47. The number of carboxylic acid groups (broad SMARTS) is 1. The molecule has 1 aliphatic rings. The first-order chi connectivity index (χ1) is 25.7. The van der Waals surface area contributed by atoms with Crippen LogP contribution in [0.25, 0.3) is 11.3 Å². The van der Waals surface area contributed by atoms with Gasteiger partial charge in [0.1, 0.15) is 35.0 Å². The molecule has 2 aromatic carbocycles. The Morgan fingerprint density at radius 1 is 1.05 bits per heavy atom. The van der Waals surface area contributed by atoms with Crippen molar-refractivity contribution < 1.29 is 56.4 Å². The maximum atomic E-state index is 16.0. The molecule has 13 nitrogen and oxygen atoms in total. The quantitative estimate of drug-likeness (QED) is 0.136. The van der Waals surface area contributed by atoms with Gasteiger partial charge in [-0.3, -0.25) is 14.4 Å². The van der Waals surface area contributed by atoms with Gasteiger partial charge in [0, 0.05) is 56.8 Å². The number of carbonyl (C=O) groups is 4. The summed E-state index contributed by atoms with van der Waals surface area (Å²) in [6.07, 6.45) is -2.88. The van der Waals surface area contributed by atoms with Gasteiger partial charge >= 0.3 is 18.0 Å². The number of imidazole rings is 1. The van der Waals surface area contributed by atoms with Crippen molar-refractivity contribution in [3.05, 3.63) is 71.7 Å². The lowest BCUT2D eigenvalue weighted by atomic mass is 9.79. The van der Waals surface area contributed by atoms with Crippen molar-refractivity contribution in [1.82, 2.24) is 19.4 Å². The molecule has 0 spiro atoms. The number of nitrogens with zero attached hydrogens (tertiary/aromatic N) is 4. The molecule has 2 heterocycles. The third kappa shape index (κ3) is 11.2. The molecule has 4 rings (SSSR count). The van der Waals surface area contributed by atoms with E-state index in [-0.39, 0.29) is 50.1 Å². The number of methoxy groups -OCH3 is 1. The molecular formula is C39H49F3N4O9. The van der Waals surface area contributed by atoms with E-state index < -0.39 is 77.2 Å². The topological polar surface area (TPSA) is 150 Å². The van der Waals surface area contributed by atoms with Crippen LogP contribution in [-0.2, 0) is 35.1 Å². The molecule has 4 unspecified atom stereocenters. The number of aliphatic carboxylic acids is 1. The summed E-state index contributed by atoms with van der Waals surface area (Å²) in [6.45, 7) is 9.75. The van der Waals surface area contributed by atoms with Crippen molar-refractivity contribution in [3.63, 3.8) is 0 Å². The summed E-state index contributed by atoms with van der Waals surface area (Å²) in [5.74, 6) is -4.83. The summed E-state index contributed by atoms with van der Waals surface area (Å²) >= 11 is 0. The lowest BCUT2D eigenvalue weighted by Crippen LogP contribution is -2.50. The van der Waals surface area contributed by atoms with Gasteiger partial charge in [-0.25, -0.2) is 22.9 Å². The number of hydrogen-bond acceptors (Lipinski definition) is 9. The molecule has 1 fully saturated rings. The van der Waals surface area contributed by atoms with Crippen LogP contribution >= 0.6 is 0 Å². The van der Waals surface area contributed by atoms with E-state index in [1.54, 1.807) is 63.5 Å². The molecule has 1 aromatic heterocycles. The first-order valence-electron chi connectivity index (χ1n) is 17.7. The highest BCUT2D eigenvalue weighted by Crippen LogP contribution is 2.43. The Morgan fingerprint density at radius 2 is 1.76 bits per heavy atom. The number of alkyl halides is 1. The van der Waals surface area contributed by atoms with Gasteiger partial charge in [0.05, 0.1) is 24.7 Å². The molecule has 0 bridgehead atoms. The van der Waals surface area contributed by atoms with Crippen LogP contribution in [0.3, 0.4) is 0 Å². The maximum Gasteiger partial charge on any atom is 0.410 e. The second-order valence-electron chi connectivity index (χ2n) is 15.3. The van der Waals surface area contributed by atoms with E-state index in [1.165, 1.54) is 30.0 Å². The average molecular weight is 775 g/mol. The molecule has 1 saturated heterocycles. The number of benzene rings is 2. The van der Waals surface area contributed by atoms with Gasteiger partial charge in [-0.15, -0.1) is 0 Å². The number of aromatic nitrogens is 2. The van der Waals surface area contributed by atoms with Crippen LogP contribution in [0, 0.1) is 23.0 Å². The number of halogens is 3. The zero-order chi connectivity index (χ0) is 40.8. The Hall–Kier alpha value is -5.12. The molecule has 55 heavy (non-hydrogen) atoms. The van der Waals surface area contributed by atoms with Gasteiger partial charge in [0.25, 0.3) is 5.91 Å². The third-order valence-electron chi connectivity index (χ3n) is 8.93. The predicted octanol–water partition coefficient (Wildman–Crippen LogP) is 6.39. The SMILES string of the molecule is COCOc1cccc(Cn2cc(-c3cc(F)ccc3F)nc2C(N(CC2CN(C(=O)OC(C)(C)C)CC2F)C(=O)C(C)OC(C)=O)C(C)(C)CC(=O)O)c1. The lowest BCUT2D eigenvalue weighted by Gasteiger charge is -2.43. The van der Waals surface area contributed by atoms with Gasteiger partial charge in [-0.1, -0.05) is 26.0 Å². The minimum atomic E-state index is -1.64. The normalized spacial score (nSPS) is 17.0. The lowest BCUT2D eigenvalue weighted by molar-refractivity contribution is -0.161. The van der Waals surface area contributed by atoms with E-state index in [4.69, 9.17) is 23.9 Å². The van der Waals surface area contributed by atoms with Crippen LogP contribution in [0.2, 0.25) is 0 Å². The summed E-state index contributed by atoms with van der Waals surface area (Å²) in [5.41, 5.74) is -1.84. The fourth-order valence-corrected chi connectivity index (χ4v) is 6.64. The monoisotopic (exact) mass is 774 g/mol. The molecule has 1 N–H and O–H groups in total. The van der Waals surface area contributed by atoms with Crippen molar-refractivity contribution in [2.24, 2.45) is 11.3 Å². The summed E-state index contributed by atoms with van der Waals surface area (Å²) in [6, 6.07) is 8.47. The standard InChI is InChI=1S/C39H49F3N4O9/c1-23(54-24(2)47)36(50)46(19-26-18-45(20-31(26)42)37(51)55-38(3,4)5)34(39(6,7)16-33(48)49)35-43-32(29-15-27(40)12-13-30(29)41)21-44(35)17-25-10-9-11-28(14-25)53-22-52-8/h9-15,21,23,26,31,34H,16-20,22H2,1-8H3,(H,48,49). The van der Waals surface area contributed by atoms with Crippen LogP contribution in [0.4, 0.5) is 18.0 Å². The van der Waals surface area contributed by atoms with E-state index in [9.17, 15) is 28.7 Å². The highest BCUT2D eigenvalue weighted by molar-refractivity contribution is 5.83. The fraction of sp³-hybridized carbons (Fsp3) is 0.513. The molecule has 0 radical (unpaired) electrons. The minimum absolute atomic E-state index is 0.0201. The molecule has 1 aliphatic heterocycles. The average Bonchev–Trinajstić information content (AvgIpc) is 3.65. The van der Waals surface area contributed by atoms with Gasteiger partial charge in [0.2, 0.25) is 0 Å². The third-order valence-corrected chi connectivity index (χ3v) is 8.93. The molecule has 2 amide bonds. The van der Waals surface area contributed by atoms with Crippen molar-refractivity contribution in [2.45, 2.75) is 85.4 Å². The van der Waals surface area contributed by atoms with E-state index in [1.807, 2.05) is 0 Å². The highest BCUT2D eigenvalue weighted by atomic mass is 19.1. The Bertz CT molecular complexity index is 1860. The Labute approximate surface area is 318 Å². The summed E-state index contributed by atoms with van der Waals surface area (Å²) < 4.78 is 68.8. The van der Waals surface area contributed by atoms with E-state index in [0.717, 1.165) is 25.1 Å². The van der Waals surface area contributed by atoms with Crippen molar-refractivity contribution in [2.75, 3.05) is 33.5 Å². The molecule has 16 heteroatoms. The Kier molecular flexibility index (Phi) is 13.6. The zero-order valence-electron chi connectivity index (χ0n) is 32.3. The molecule has 4 atom stereocenters. The first-order valence-corrected chi connectivity index (χ1v) is 17.7. The van der Waals surface area contributed by atoms with Crippen molar-refractivity contribution in [3.8, 4) is 17.0 Å². The van der Waals surface area contributed by atoms with Crippen molar-refractivity contribution in [1.29, 1.82) is 0 Å². The number of amides is 2. The van der Waals surface area contributed by atoms with Gasteiger partial charge in [-0.05, 0) is 63.6 Å². The number of carbonyl (C=O) groups excluding carboxylic acids is 3. The fourth-order valence-electron chi connectivity index (χ4n) is 6.64. The molecule has 0 aliphatic carbocycles. The Balaban J connectivity index is 1.94. The van der Waals surface area contributed by atoms with E-state index in [2.05, 4.69) is 0 Å². The Morgan fingerprint density at radius 3 is 2.40 bits per heavy atom. The number of ether oxygens (including phenoxy) is 4. The first kappa shape index (κ1) is 42.6. The predicted molar refractivity (Wildman–Crippen MR) is 194 cm³/mol.